The van der Waals surface area contributed by atoms with E-state index in [0.29, 0.717) is 24.1 Å². The van der Waals surface area contributed by atoms with E-state index in [-0.39, 0.29) is 30.5 Å². The van der Waals surface area contributed by atoms with Crippen LogP contribution in [0.5, 0.6) is 0 Å². The molecule has 0 aromatic heterocycles. The Labute approximate surface area is 170 Å². The maximum atomic E-state index is 12.9. The van der Waals surface area contributed by atoms with Crippen LogP contribution in [0.1, 0.15) is 52.0 Å². The van der Waals surface area contributed by atoms with E-state index in [0.717, 1.165) is 0 Å². The topological polar surface area (TPSA) is 108 Å². The Kier molecular flexibility index (Phi) is 7.75. The van der Waals surface area contributed by atoms with Gasteiger partial charge >= 0.3 is 11.9 Å². The van der Waals surface area contributed by atoms with Gasteiger partial charge in [0.15, 0.2) is 0 Å². The number of carbonyl (C=O) groups excluding carboxylic acids is 2. The lowest BCUT2D eigenvalue weighted by atomic mass is 9.73. The summed E-state index contributed by atoms with van der Waals surface area (Å²) in [5.41, 5.74) is 0.922. The lowest BCUT2D eigenvalue weighted by Crippen LogP contribution is -2.47. The number of rotatable bonds is 8. The van der Waals surface area contributed by atoms with E-state index in [9.17, 15) is 19.7 Å². The molecule has 0 amide bonds. The van der Waals surface area contributed by atoms with Crippen LogP contribution in [0.3, 0.4) is 0 Å². The zero-order valence-corrected chi connectivity index (χ0v) is 17.3. The number of nitro groups is 1. The van der Waals surface area contributed by atoms with Crippen LogP contribution in [0.2, 0.25) is 0 Å². The number of nitrogens with zero attached hydrogens (tertiary/aromatic N) is 1. The summed E-state index contributed by atoms with van der Waals surface area (Å²) in [5, 5.41) is 14.8. The van der Waals surface area contributed by atoms with Crippen molar-refractivity contribution in [2.45, 2.75) is 52.5 Å². The number of para-hydroxylation sites is 1. The minimum absolute atomic E-state index is 0.145. The predicted molar refractivity (Wildman–Crippen MR) is 107 cm³/mol. The highest BCUT2D eigenvalue weighted by Crippen LogP contribution is 2.43. The van der Waals surface area contributed by atoms with Crippen molar-refractivity contribution in [2.75, 3.05) is 13.2 Å². The molecule has 8 heteroatoms. The van der Waals surface area contributed by atoms with Gasteiger partial charge in [0, 0.05) is 29.3 Å². The molecule has 1 N–H and O–H groups in total. The number of nitro benzene ring substituents is 1. The van der Waals surface area contributed by atoms with E-state index in [1.807, 2.05) is 13.8 Å². The van der Waals surface area contributed by atoms with Crippen molar-refractivity contribution in [1.82, 2.24) is 5.32 Å². The van der Waals surface area contributed by atoms with E-state index in [2.05, 4.69) is 5.32 Å². The van der Waals surface area contributed by atoms with Crippen molar-refractivity contribution in [3.05, 3.63) is 51.2 Å². The zero-order chi connectivity index (χ0) is 21.6. The minimum Gasteiger partial charge on any atom is -0.465 e. The monoisotopic (exact) mass is 404 g/mol. The molecule has 158 valence electrons. The first-order chi connectivity index (χ1) is 13.8. The van der Waals surface area contributed by atoms with Crippen LogP contribution in [-0.4, -0.2) is 36.1 Å². The van der Waals surface area contributed by atoms with Gasteiger partial charge in [0.1, 0.15) is 0 Å². The highest BCUT2D eigenvalue weighted by Gasteiger charge is 2.46. The first-order valence-corrected chi connectivity index (χ1v) is 9.87. The molecule has 29 heavy (non-hydrogen) atoms. The van der Waals surface area contributed by atoms with E-state index < -0.39 is 28.7 Å². The molecule has 0 spiro atoms. The van der Waals surface area contributed by atoms with Gasteiger partial charge < -0.3 is 14.8 Å². The smallest absolute Gasteiger partial charge is 0.336 e. The molecule has 0 radical (unpaired) electrons. The highest BCUT2D eigenvalue weighted by atomic mass is 16.6. The summed E-state index contributed by atoms with van der Waals surface area (Å²) in [5.74, 6) is -2.74. The Balaban J connectivity index is 2.64. The molecular formula is C21H28N2O6. The Bertz CT molecular complexity index is 804. The van der Waals surface area contributed by atoms with Crippen molar-refractivity contribution in [2.24, 2.45) is 5.92 Å². The molecule has 0 saturated heterocycles. The summed E-state index contributed by atoms with van der Waals surface area (Å²) in [6.45, 7) is 7.74. The fraction of sp³-hybridized carbons (Fsp3) is 0.524. The van der Waals surface area contributed by atoms with Crippen molar-refractivity contribution in [3.63, 3.8) is 0 Å². The third-order valence-electron chi connectivity index (χ3n) is 4.90. The van der Waals surface area contributed by atoms with Crippen molar-refractivity contribution in [1.29, 1.82) is 0 Å². The fourth-order valence-corrected chi connectivity index (χ4v) is 3.67. The first kappa shape index (κ1) is 22.4. The van der Waals surface area contributed by atoms with Gasteiger partial charge in [-0.25, -0.2) is 4.79 Å². The summed E-state index contributed by atoms with van der Waals surface area (Å²) in [4.78, 5) is 37.0. The number of benzene rings is 1. The normalized spacial score (nSPS) is 21.3. The Morgan fingerprint density at radius 1 is 1.14 bits per heavy atom. The zero-order valence-electron chi connectivity index (χ0n) is 17.3. The number of esters is 2. The van der Waals surface area contributed by atoms with E-state index in [4.69, 9.17) is 9.47 Å². The van der Waals surface area contributed by atoms with Crippen LogP contribution in [-0.2, 0) is 19.1 Å². The van der Waals surface area contributed by atoms with Crippen molar-refractivity contribution < 1.29 is 24.0 Å². The second-order valence-corrected chi connectivity index (χ2v) is 7.09. The Hall–Kier alpha value is -2.90. The molecular weight excluding hydrogens is 376 g/mol. The van der Waals surface area contributed by atoms with Gasteiger partial charge in [0.2, 0.25) is 0 Å². The van der Waals surface area contributed by atoms with Gasteiger partial charge in [0.25, 0.3) is 5.69 Å². The quantitative estimate of drug-likeness (QED) is 0.401. The summed E-state index contributed by atoms with van der Waals surface area (Å²) in [6.07, 6.45) is 1.29. The predicted octanol–water partition coefficient (Wildman–Crippen LogP) is 3.47. The second kappa shape index (κ2) is 10.0. The second-order valence-electron chi connectivity index (χ2n) is 7.09. The summed E-state index contributed by atoms with van der Waals surface area (Å²) < 4.78 is 10.7. The Morgan fingerprint density at radius 3 is 2.38 bits per heavy atom. The molecule has 3 atom stereocenters. The van der Waals surface area contributed by atoms with Crippen molar-refractivity contribution >= 4 is 17.6 Å². The molecule has 1 aliphatic heterocycles. The highest BCUT2D eigenvalue weighted by molar-refractivity contribution is 5.93. The summed E-state index contributed by atoms with van der Waals surface area (Å²) >= 11 is 0. The molecule has 0 saturated carbocycles. The van der Waals surface area contributed by atoms with Crippen LogP contribution in [0, 0.1) is 16.0 Å². The largest absolute Gasteiger partial charge is 0.465 e. The van der Waals surface area contributed by atoms with Crippen LogP contribution in [0.25, 0.3) is 0 Å². The Morgan fingerprint density at radius 2 is 1.76 bits per heavy atom. The van der Waals surface area contributed by atoms with Gasteiger partial charge in [-0.1, -0.05) is 32.0 Å². The molecule has 0 unspecified atom stereocenters. The van der Waals surface area contributed by atoms with E-state index >= 15 is 0 Å². The molecule has 1 aliphatic rings. The standard InChI is InChI=1S/C21H28N2O6/c1-5-11-28-20(24)17-13(3)22-14(4)18(21(25)29-12-6-2)19(17)15-9-7-8-10-16(15)23(26)27/h7-10,13,17,19,22H,5-6,11-12H2,1-4H3/t13-,17-,19+/m1/s1. The lowest BCUT2D eigenvalue weighted by molar-refractivity contribution is -0.385. The van der Waals surface area contributed by atoms with Crippen LogP contribution >= 0.6 is 0 Å². The van der Waals surface area contributed by atoms with Crippen LogP contribution in [0.4, 0.5) is 5.69 Å². The van der Waals surface area contributed by atoms with Crippen LogP contribution in [0.15, 0.2) is 35.5 Å². The van der Waals surface area contributed by atoms with Gasteiger partial charge in [-0.3, -0.25) is 14.9 Å². The average Bonchev–Trinajstić information content (AvgIpc) is 2.69. The molecule has 1 aromatic rings. The number of allylic oxidation sites excluding steroid dienone is 1. The SMILES string of the molecule is CCCOC(=O)C1=C(C)N[C@H](C)[C@@H](C(=O)OCCC)[C@@H]1c1ccccc1[N+](=O)[O-]. The lowest BCUT2D eigenvalue weighted by Gasteiger charge is -2.37. The van der Waals surface area contributed by atoms with Crippen LogP contribution < -0.4 is 5.32 Å². The average molecular weight is 404 g/mol. The van der Waals surface area contributed by atoms with Gasteiger partial charge in [-0.15, -0.1) is 0 Å². The van der Waals surface area contributed by atoms with Gasteiger partial charge in [-0.05, 0) is 26.7 Å². The molecule has 1 aromatic carbocycles. The number of ether oxygens (including phenoxy) is 2. The molecule has 8 nitrogen and oxygen atoms in total. The number of hydrogen-bond acceptors (Lipinski definition) is 7. The summed E-state index contributed by atoms with van der Waals surface area (Å²) in [6, 6.07) is 5.80. The number of nitrogens with one attached hydrogen (secondary N) is 1. The molecule has 0 aliphatic carbocycles. The van der Waals surface area contributed by atoms with E-state index in [1.54, 1.807) is 32.0 Å². The third kappa shape index (κ3) is 4.93. The first-order valence-electron chi connectivity index (χ1n) is 9.87. The molecule has 1 heterocycles. The fourth-order valence-electron chi connectivity index (χ4n) is 3.67. The molecule has 2 rings (SSSR count). The van der Waals surface area contributed by atoms with E-state index in [1.165, 1.54) is 6.07 Å². The summed E-state index contributed by atoms with van der Waals surface area (Å²) in [7, 11) is 0. The number of hydrogen-bond donors (Lipinski definition) is 1. The third-order valence-corrected chi connectivity index (χ3v) is 4.90. The minimum atomic E-state index is -0.846. The van der Waals surface area contributed by atoms with Crippen molar-refractivity contribution in [3.8, 4) is 0 Å². The maximum Gasteiger partial charge on any atom is 0.336 e. The molecule has 0 bridgehead atoms. The van der Waals surface area contributed by atoms with Gasteiger partial charge in [0.05, 0.1) is 29.6 Å². The van der Waals surface area contributed by atoms with Gasteiger partial charge in [-0.2, -0.15) is 0 Å². The molecule has 0 fully saturated rings. The maximum absolute atomic E-state index is 12.9. The number of carbonyl (C=O) groups is 2.